The maximum Gasteiger partial charge on any atom is 0.455 e. The molecular formula is C16H16ClF3N4O4S. The zero-order valence-corrected chi connectivity index (χ0v) is 16.1. The molecule has 0 spiro atoms. The number of ketones is 1. The van der Waals surface area contributed by atoms with Crippen molar-refractivity contribution >= 4 is 40.5 Å². The van der Waals surface area contributed by atoms with Gasteiger partial charge in [0.15, 0.2) is 0 Å². The molecule has 6 N–H and O–H groups in total. The van der Waals surface area contributed by atoms with Gasteiger partial charge < -0.3 is 26.4 Å². The summed E-state index contributed by atoms with van der Waals surface area (Å²) >= 11 is 6.68. The Morgan fingerprint density at radius 3 is 2.59 bits per heavy atom. The van der Waals surface area contributed by atoms with Crippen molar-refractivity contribution in [2.75, 3.05) is 17.7 Å². The first-order valence-electron chi connectivity index (χ1n) is 8.31. The number of nitrogen functional groups attached to an aromatic ring is 1. The van der Waals surface area contributed by atoms with Crippen LogP contribution in [0.2, 0.25) is 5.15 Å². The Kier molecular flexibility index (Phi) is 6.01. The molecule has 8 nitrogen and oxygen atoms in total. The number of halogens is 4. The molecule has 0 radical (unpaired) electrons. The number of alkyl halides is 3. The van der Waals surface area contributed by atoms with Crippen molar-refractivity contribution in [2.24, 2.45) is 5.92 Å². The second-order valence-corrected chi connectivity index (χ2v) is 7.94. The molecule has 0 saturated heterocycles. The maximum atomic E-state index is 12.7. The zero-order chi connectivity index (χ0) is 21.5. The quantitative estimate of drug-likeness (QED) is 0.341. The standard InChI is InChI=1S/C16H16ClF3N4O4S/c17-13-9(7-1-2-8(29-7)12(28)16(18,19)20)14(24-15(21)23-13)22-6-3-5(4-25)10(26)11(6)27/h1-2,5-6,10-11,25-27H,3-4H2,(H3,21,22,23,24)/t5-,6-,10-,11+/m1/s1. The van der Waals surface area contributed by atoms with E-state index >= 15 is 0 Å². The number of rotatable bonds is 5. The van der Waals surface area contributed by atoms with Crippen LogP contribution in [0.3, 0.4) is 0 Å². The number of hydrogen-bond donors (Lipinski definition) is 5. The molecule has 13 heteroatoms. The van der Waals surface area contributed by atoms with Gasteiger partial charge in [0.1, 0.15) is 17.1 Å². The molecule has 0 aromatic carbocycles. The van der Waals surface area contributed by atoms with E-state index in [4.69, 9.17) is 17.3 Å². The highest BCUT2D eigenvalue weighted by Gasteiger charge is 2.42. The number of thiophene rings is 1. The number of aromatic nitrogens is 2. The van der Waals surface area contributed by atoms with Gasteiger partial charge in [-0.25, -0.2) is 4.98 Å². The van der Waals surface area contributed by atoms with Gasteiger partial charge >= 0.3 is 6.18 Å². The first-order valence-corrected chi connectivity index (χ1v) is 9.50. The minimum Gasteiger partial charge on any atom is -0.396 e. The van der Waals surface area contributed by atoms with Crippen molar-refractivity contribution in [3.63, 3.8) is 0 Å². The van der Waals surface area contributed by atoms with Crippen LogP contribution < -0.4 is 11.1 Å². The van der Waals surface area contributed by atoms with Crippen LogP contribution in [0.1, 0.15) is 16.1 Å². The Labute approximate surface area is 171 Å². The normalized spacial score (nSPS) is 24.7. The third-order valence-corrected chi connectivity index (χ3v) is 5.95. The van der Waals surface area contributed by atoms with E-state index in [9.17, 15) is 33.3 Å². The highest BCUT2D eigenvalue weighted by molar-refractivity contribution is 7.17. The Morgan fingerprint density at radius 1 is 1.31 bits per heavy atom. The second kappa shape index (κ2) is 8.03. The number of hydrogen-bond acceptors (Lipinski definition) is 9. The third kappa shape index (κ3) is 4.31. The van der Waals surface area contributed by atoms with E-state index in [-0.39, 0.29) is 40.4 Å². The Morgan fingerprint density at radius 2 is 2.00 bits per heavy atom. The molecule has 2 aromatic heterocycles. The Hall–Kier alpha value is -1.99. The van der Waals surface area contributed by atoms with E-state index < -0.39 is 41.0 Å². The summed E-state index contributed by atoms with van der Waals surface area (Å²) in [6.45, 7) is -0.343. The molecule has 1 aliphatic rings. The van der Waals surface area contributed by atoms with Crippen molar-refractivity contribution < 1.29 is 33.3 Å². The average Bonchev–Trinajstić information content (AvgIpc) is 3.20. The van der Waals surface area contributed by atoms with E-state index in [2.05, 4.69) is 15.3 Å². The van der Waals surface area contributed by atoms with Crippen LogP contribution in [0.5, 0.6) is 0 Å². The van der Waals surface area contributed by atoms with E-state index in [0.29, 0.717) is 11.3 Å². The molecule has 2 heterocycles. The number of aliphatic hydroxyl groups is 3. The SMILES string of the molecule is Nc1nc(Cl)c(-c2ccc(C(=O)C(F)(F)F)s2)c(N[C@@H]2C[C@H](CO)[C@@H](O)[C@H]2O)n1. The van der Waals surface area contributed by atoms with E-state index in [1.54, 1.807) is 0 Å². The predicted molar refractivity (Wildman–Crippen MR) is 99.8 cm³/mol. The highest BCUT2D eigenvalue weighted by Crippen LogP contribution is 2.40. The average molecular weight is 453 g/mol. The number of anilines is 2. The predicted octanol–water partition coefficient (Wildman–Crippen LogP) is 1.70. The third-order valence-electron chi connectivity index (χ3n) is 4.57. The second-order valence-electron chi connectivity index (χ2n) is 6.50. The number of Topliss-reactive ketones (excluding diaryl/α,β-unsaturated/α-hetero) is 1. The fourth-order valence-corrected chi connectivity index (χ4v) is 4.48. The summed E-state index contributed by atoms with van der Waals surface area (Å²) in [5.41, 5.74) is 5.71. The zero-order valence-electron chi connectivity index (χ0n) is 14.5. The van der Waals surface area contributed by atoms with Gasteiger partial charge in [-0.1, -0.05) is 11.6 Å². The molecule has 0 aliphatic heterocycles. The molecule has 0 bridgehead atoms. The number of nitrogens with one attached hydrogen (secondary N) is 1. The monoisotopic (exact) mass is 452 g/mol. The number of nitrogens with two attached hydrogens (primary N) is 1. The van der Waals surface area contributed by atoms with E-state index in [0.717, 1.165) is 6.07 Å². The largest absolute Gasteiger partial charge is 0.455 e. The van der Waals surface area contributed by atoms with E-state index in [1.807, 2.05) is 0 Å². The number of nitrogens with zero attached hydrogens (tertiary/aromatic N) is 2. The molecule has 2 aromatic rings. The van der Waals surface area contributed by atoms with Crippen LogP contribution >= 0.6 is 22.9 Å². The minimum absolute atomic E-state index is 0.0187. The molecule has 29 heavy (non-hydrogen) atoms. The summed E-state index contributed by atoms with van der Waals surface area (Å²) < 4.78 is 38.1. The van der Waals surface area contributed by atoms with Crippen molar-refractivity contribution in [1.29, 1.82) is 0 Å². The minimum atomic E-state index is -5.02. The summed E-state index contributed by atoms with van der Waals surface area (Å²) in [5.74, 6) is -2.77. The summed E-state index contributed by atoms with van der Waals surface area (Å²) in [6, 6.07) is 1.55. The molecule has 0 amide bonds. The number of carbonyl (C=O) groups excluding carboxylic acids is 1. The molecule has 158 valence electrons. The van der Waals surface area contributed by atoms with Crippen LogP contribution in [-0.4, -0.2) is 62.1 Å². The van der Waals surface area contributed by atoms with Gasteiger partial charge in [-0.3, -0.25) is 4.79 Å². The summed E-state index contributed by atoms with van der Waals surface area (Å²) in [7, 11) is 0. The van der Waals surface area contributed by atoms with Crippen molar-refractivity contribution in [3.05, 3.63) is 22.2 Å². The van der Waals surface area contributed by atoms with Gasteiger partial charge in [-0.2, -0.15) is 18.2 Å². The van der Waals surface area contributed by atoms with Crippen molar-refractivity contribution in [3.8, 4) is 10.4 Å². The molecule has 1 aliphatic carbocycles. The smallest absolute Gasteiger partial charge is 0.396 e. The molecule has 1 fully saturated rings. The van der Waals surface area contributed by atoms with Crippen molar-refractivity contribution in [2.45, 2.75) is 30.8 Å². The molecule has 1 saturated carbocycles. The van der Waals surface area contributed by atoms with Gasteiger partial charge in [-0.05, 0) is 18.6 Å². The molecule has 0 unspecified atom stereocenters. The fraction of sp³-hybridized carbons (Fsp3) is 0.438. The lowest BCUT2D eigenvalue weighted by Crippen LogP contribution is -2.35. The van der Waals surface area contributed by atoms with Gasteiger partial charge in [0, 0.05) is 17.4 Å². The van der Waals surface area contributed by atoms with Gasteiger partial charge in [0.25, 0.3) is 5.78 Å². The van der Waals surface area contributed by atoms with Crippen LogP contribution in [-0.2, 0) is 0 Å². The number of aliphatic hydroxyl groups excluding tert-OH is 3. The summed E-state index contributed by atoms with van der Waals surface area (Å²) in [5, 5.41) is 32.1. The summed E-state index contributed by atoms with van der Waals surface area (Å²) in [6.07, 6.45) is -7.23. The van der Waals surface area contributed by atoms with Crippen LogP contribution in [0.25, 0.3) is 10.4 Å². The lowest BCUT2D eigenvalue weighted by atomic mass is 10.1. The van der Waals surface area contributed by atoms with Crippen LogP contribution in [0.15, 0.2) is 12.1 Å². The lowest BCUT2D eigenvalue weighted by Gasteiger charge is -2.20. The highest BCUT2D eigenvalue weighted by atomic mass is 35.5. The topological polar surface area (TPSA) is 142 Å². The molecule has 4 atom stereocenters. The molecule has 3 rings (SSSR count). The first-order chi connectivity index (χ1) is 13.5. The van der Waals surface area contributed by atoms with Crippen LogP contribution in [0.4, 0.5) is 24.9 Å². The Balaban J connectivity index is 1.97. The van der Waals surface area contributed by atoms with Crippen molar-refractivity contribution in [1.82, 2.24) is 9.97 Å². The Bertz CT molecular complexity index is 926. The fourth-order valence-electron chi connectivity index (χ4n) is 3.13. The van der Waals surface area contributed by atoms with E-state index in [1.165, 1.54) is 6.07 Å². The van der Waals surface area contributed by atoms with Gasteiger partial charge in [-0.15, -0.1) is 11.3 Å². The lowest BCUT2D eigenvalue weighted by molar-refractivity contribution is -0.0882. The van der Waals surface area contributed by atoms with Gasteiger partial charge in [0.05, 0.1) is 22.6 Å². The molecular weight excluding hydrogens is 437 g/mol. The first kappa shape index (κ1) is 21.7. The van der Waals surface area contributed by atoms with Gasteiger partial charge in [0.2, 0.25) is 5.95 Å². The maximum absolute atomic E-state index is 12.7. The summed E-state index contributed by atoms with van der Waals surface area (Å²) in [4.78, 5) is 18.9. The van der Waals surface area contributed by atoms with Crippen LogP contribution in [0, 0.1) is 5.92 Å². The number of carbonyl (C=O) groups is 1.